The van der Waals surface area contributed by atoms with Crippen LogP contribution in [0.25, 0.3) is 0 Å². The van der Waals surface area contributed by atoms with Crippen LogP contribution in [0.15, 0.2) is 48.5 Å². The molecule has 27 heavy (non-hydrogen) atoms. The van der Waals surface area contributed by atoms with Gasteiger partial charge in [-0.15, -0.1) is 0 Å². The Bertz CT molecular complexity index is 742. The molecule has 0 bridgehead atoms. The number of nitrogens with one attached hydrogen (secondary N) is 1. The molecule has 0 radical (unpaired) electrons. The summed E-state index contributed by atoms with van der Waals surface area (Å²) in [6.07, 6.45) is 0.779. The molecule has 0 saturated carbocycles. The summed E-state index contributed by atoms with van der Waals surface area (Å²) in [4.78, 5) is 23.4. The SMILES string of the molecule is COc1ccc(CCNC(=O)COC(=O)CCOc2cccc(C)c2)cc1. The van der Waals surface area contributed by atoms with Gasteiger partial charge in [0, 0.05) is 6.54 Å². The van der Waals surface area contributed by atoms with Crippen molar-refractivity contribution in [1.29, 1.82) is 0 Å². The number of benzene rings is 2. The molecule has 6 heteroatoms. The second-order valence-electron chi connectivity index (χ2n) is 6.02. The lowest BCUT2D eigenvalue weighted by atomic mass is 10.1. The van der Waals surface area contributed by atoms with Crippen molar-refractivity contribution < 1.29 is 23.8 Å². The van der Waals surface area contributed by atoms with Crippen molar-refractivity contribution in [2.75, 3.05) is 26.9 Å². The van der Waals surface area contributed by atoms with E-state index < -0.39 is 5.97 Å². The molecular formula is C21H25NO5. The molecule has 6 nitrogen and oxygen atoms in total. The second-order valence-corrected chi connectivity index (χ2v) is 6.02. The lowest BCUT2D eigenvalue weighted by Crippen LogP contribution is -2.30. The van der Waals surface area contributed by atoms with E-state index in [0.717, 1.165) is 16.9 Å². The fourth-order valence-corrected chi connectivity index (χ4v) is 2.37. The van der Waals surface area contributed by atoms with Crippen molar-refractivity contribution in [3.05, 3.63) is 59.7 Å². The van der Waals surface area contributed by atoms with Crippen LogP contribution in [-0.2, 0) is 20.7 Å². The zero-order valence-corrected chi connectivity index (χ0v) is 15.7. The first-order chi connectivity index (χ1) is 13.1. The van der Waals surface area contributed by atoms with Gasteiger partial charge in [0.05, 0.1) is 20.1 Å². The van der Waals surface area contributed by atoms with Gasteiger partial charge in [-0.25, -0.2) is 0 Å². The normalized spacial score (nSPS) is 10.1. The maximum Gasteiger partial charge on any atom is 0.309 e. The van der Waals surface area contributed by atoms with Crippen molar-refractivity contribution in [3.63, 3.8) is 0 Å². The number of aryl methyl sites for hydroxylation is 1. The van der Waals surface area contributed by atoms with Crippen LogP contribution < -0.4 is 14.8 Å². The summed E-state index contributed by atoms with van der Waals surface area (Å²) in [5.41, 5.74) is 2.17. The third kappa shape index (κ3) is 7.81. The zero-order valence-electron chi connectivity index (χ0n) is 15.7. The molecule has 1 N–H and O–H groups in total. The van der Waals surface area contributed by atoms with Crippen LogP contribution in [0.2, 0.25) is 0 Å². The molecule has 2 rings (SSSR count). The molecule has 2 aromatic rings. The van der Waals surface area contributed by atoms with Crippen LogP contribution in [0, 0.1) is 6.92 Å². The van der Waals surface area contributed by atoms with Crippen molar-refractivity contribution in [1.82, 2.24) is 5.32 Å². The van der Waals surface area contributed by atoms with E-state index in [9.17, 15) is 9.59 Å². The van der Waals surface area contributed by atoms with E-state index in [1.807, 2.05) is 55.5 Å². The molecule has 0 spiro atoms. The minimum Gasteiger partial charge on any atom is -0.497 e. The number of methoxy groups -OCH3 is 1. The number of amides is 1. The number of hydrogen-bond acceptors (Lipinski definition) is 5. The van der Waals surface area contributed by atoms with Crippen molar-refractivity contribution in [3.8, 4) is 11.5 Å². The van der Waals surface area contributed by atoms with E-state index in [0.29, 0.717) is 18.7 Å². The minimum absolute atomic E-state index is 0.0903. The Kier molecular flexibility index (Phi) is 8.16. The number of ether oxygens (including phenoxy) is 3. The molecule has 0 unspecified atom stereocenters. The minimum atomic E-state index is -0.465. The van der Waals surface area contributed by atoms with Crippen LogP contribution in [0.1, 0.15) is 17.5 Å². The number of carbonyl (C=O) groups is 2. The molecule has 144 valence electrons. The zero-order chi connectivity index (χ0) is 19.5. The topological polar surface area (TPSA) is 73.9 Å². The van der Waals surface area contributed by atoms with Crippen LogP contribution in [0.4, 0.5) is 0 Å². The maximum atomic E-state index is 11.7. The first-order valence-corrected chi connectivity index (χ1v) is 8.81. The number of esters is 1. The summed E-state index contributed by atoms with van der Waals surface area (Å²) in [5, 5.41) is 2.72. The standard InChI is InChI=1S/C21H25NO5/c1-16-4-3-5-19(14-16)26-13-11-21(24)27-15-20(23)22-12-10-17-6-8-18(25-2)9-7-17/h3-9,14H,10-13,15H2,1-2H3,(H,22,23). The number of rotatable bonds is 10. The number of carbonyl (C=O) groups excluding carboxylic acids is 2. The van der Waals surface area contributed by atoms with Gasteiger partial charge in [0.25, 0.3) is 5.91 Å². The fourth-order valence-electron chi connectivity index (χ4n) is 2.37. The Morgan fingerprint density at radius 1 is 1.04 bits per heavy atom. The molecule has 0 aliphatic heterocycles. The summed E-state index contributed by atoms with van der Waals surface area (Å²) in [6, 6.07) is 15.2. The molecule has 2 aromatic carbocycles. The third-order valence-electron chi connectivity index (χ3n) is 3.82. The van der Waals surface area contributed by atoms with Gasteiger partial charge < -0.3 is 19.5 Å². The van der Waals surface area contributed by atoms with E-state index in [1.54, 1.807) is 7.11 Å². The van der Waals surface area contributed by atoms with Crippen LogP contribution in [-0.4, -0.2) is 38.7 Å². The van der Waals surface area contributed by atoms with Crippen molar-refractivity contribution >= 4 is 11.9 Å². The lowest BCUT2D eigenvalue weighted by molar-refractivity contribution is -0.149. The molecule has 1 amide bonds. The molecule has 0 aliphatic carbocycles. The summed E-state index contributed by atoms with van der Waals surface area (Å²) in [5.74, 6) is 0.713. The Balaban J connectivity index is 1.56. The molecule has 0 atom stereocenters. The van der Waals surface area contributed by atoms with Gasteiger partial charge in [-0.3, -0.25) is 9.59 Å². The van der Waals surface area contributed by atoms with E-state index in [2.05, 4.69) is 5.32 Å². The van der Waals surface area contributed by atoms with E-state index in [1.165, 1.54) is 0 Å². The smallest absolute Gasteiger partial charge is 0.309 e. The summed E-state index contributed by atoms with van der Waals surface area (Å²) < 4.78 is 15.5. The molecule has 0 heterocycles. The van der Waals surface area contributed by atoms with Gasteiger partial charge in [-0.2, -0.15) is 0 Å². The molecular weight excluding hydrogens is 346 g/mol. The first-order valence-electron chi connectivity index (χ1n) is 8.81. The van der Waals surface area contributed by atoms with Gasteiger partial charge in [0.1, 0.15) is 11.5 Å². The highest BCUT2D eigenvalue weighted by molar-refractivity contribution is 5.80. The average molecular weight is 371 g/mol. The second kappa shape index (κ2) is 10.9. The fraction of sp³-hybridized carbons (Fsp3) is 0.333. The van der Waals surface area contributed by atoms with Gasteiger partial charge in [-0.1, -0.05) is 24.3 Å². The summed E-state index contributed by atoms with van der Waals surface area (Å²) in [7, 11) is 1.62. The monoisotopic (exact) mass is 371 g/mol. The largest absolute Gasteiger partial charge is 0.497 e. The Hall–Kier alpha value is -3.02. The average Bonchev–Trinajstić information content (AvgIpc) is 2.67. The predicted octanol–water partition coefficient (Wildman–Crippen LogP) is 2.67. The quantitative estimate of drug-likeness (QED) is 0.650. The van der Waals surface area contributed by atoms with Crippen LogP contribution >= 0.6 is 0 Å². The first kappa shape index (κ1) is 20.3. The van der Waals surface area contributed by atoms with Crippen LogP contribution in [0.5, 0.6) is 11.5 Å². The summed E-state index contributed by atoms with van der Waals surface area (Å²) in [6.45, 7) is 2.36. The van der Waals surface area contributed by atoms with Crippen LogP contribution in [0.3, 0.4) is 0 Å². The van der Waals surface area contributed by atoms with Gasteiger partial charge in [0.2, 0.25) is 0 Å². The molecule has 0 aliphatic rings. The Morgan fingerprint density at radius 2 is 1.81 bits per heavy atom. The predicted molar refractivity (Wildman–Crippen MR) is 102 cm³/mol. The molecule has 0 fully saturated rings. The van der Waals surface area contributed by atoms with Gasteiger partial charge in [0.15, 0.2) is 6.61 Å². The highest BCUT2D eigenvalue weighted by atomic mass is 16.5. The van der Waals surface area contributed by atoms with Gasteiger partial charge >= 0.3 is 5.97 Å². The van der Waals surface area contributed by atoms with Gasteiger partial charge in [-0.05, 0) is 48.7 Å². The highest BCUT2D eigenvalue weighted by Gasteiger charge is 2.08. The number of hydrogen-bond donors (Lipinski definition) is 1. The highest BCUT2D eigenvalue weighted by Crippen LogP contribution is 2.12. The van der Waals surface area contributed by atoms with Crippen molar-refractivity contribution in [2.45, 2.75) is 19.8 Å². The third-order valence-corrected chi connectivity index (χ3v) is 3.82. The Labute approximate surface area is 159 Å². The van der Waals surface area contributed by atoms with E-state index in [-0.39, 0.29) is 25.5 Å². The molecule has 0 saturated heterocycles. The van der Waals surface area contributed by atoms with Crippen molar-refractivity contribution in [2.24, 2.45) is 0 Å². The summed E-state index contributed by atoms with van der Waals surface area (Å²) >= 11 is 0. The molecule has 0 aromatic heterocycles. The van der Waals surface area contributed by atoms with E-state index in [4.69, 9.17) is 14.2 Å². The van der Waals surface area contributed by atoms with E-state index >= 15 is 0 Å². The lowest BCUT2D eigenvalue weighted by Gasteiger charge is -2.08. The Morgan fingerprint density at radius 3 is 2.52 bits per heavy atom. The maximum absolute atomic E-state index is 11.7.